The summed E-state index contributed by atoms with van der Waals surface area (Å²) in [4.78, 5) is 27.0. The lowest BCUT2D eigenvalue weighted by atomic mass is 10.1. The predicted octanol–water partition coefficient (Wildman–Crippen LogP) is 0.140. The third kappa shape index (κ3) is 4.58. The fourth-order valence-electron chi connectivity index (χ4n) is 2.50. The number of hydrogen-bond donors (Lipinski definition) is 0. The van der Waals surface area contributed by atoms with Gasteiger partial charge >= 0.3 is 0 Å². The van der Waals surface area contributed by atoms with Gasteiger partial charge in [-0.3, -0.25) is 14.9 Å². The van der Waals surface area contributed by atoms with Crippen LogP contribution in [-0.4, -0.2) is 15.7 Å². The van der Waals surface area contributed by atoms with Gasteiger partial charge in [0.1, 0.15) is 0 Å². The Morgan fingerprint density at radius 2 is 1.92 bits per heavy atom. The molecule has 0 aliphatic carbocycles. The number of carbonyl (C=O) groups is 1. The van der Waals surface area contributed by atoms with Crippen LogP contribution in [-0.2, 0) is 6.54 Å². The molecule has 26 heavy (non-hydrogen) atoms. The molecule has 0 saturated carbocycles. The number of rotatable bonds is 5. The molecule has 0 amide bonds. The molecule has 132 valence electrons. The summed E-state index contributed by atoms with van der Waals surface area (Å²) in [5.41, 5.74) is 3.20. The summed E-state index contributed by atoms with van der Waals surface area (Å²) in [6, 6.07) is 15.6. The Labute approximate surface area is 161 Å². The summed E-state index contributed by atoms with van der Waals surface area (Å²) in [5.74, 6) is -0.209. The summed E-state index contributed by atoms with van der Waals surface area (Å²) >= 11 is 0. The number of halogens is 1. The van der Waals surface area contributed by atoms with Gasteiger partial charge in [-0.05, 0) is 18.0 Å². The van der Waals surface area contributed by atoms with Gasteiger partial charge in [0.2, 0.25) is 5.78 Å². The van der Waals surface area contributed by atoms with E-state index in [0.717, 1.165) is 16.8 Å². The molecule has 0 fully saturated rings. The third-order valence-electron chi connectivity index (χ3n) is 3.79. The lowest BCUT2D eigenvalue weighted by molar-refractivity contribution is -0.686. The van der Waals surface area contributed by atoms with Crippen LogP contribution in [0.3, 0.4) is 0 Å². The van der Waals surface area contributed by atoms with Gasteiger partial charge in [-0.15, -0.1) is 0 Å². The van der Waals surface area contributed by atoms with Crippen molar-refractivity contribution in [2.24, 2.45) is 0 Å². The maximum absolute atomic E-state index is 12.3. The van der Waals surface area contributed by atoms with Crippen LogP contribution in [0.1, 0.15) is 15.9 Å². The molecule has 0 aliphatic heterocycles. The van der Waals surface area contributed by atoms with Gasteiger partial charge in [0, 0.05) is 29.3 Å². The van der Waals surface area contributed by atoms with E-state index < -0.39 is 4.92 Å². The van der Waals surface area contributed by atoms with Crippen molar-refractivity contribution in [3.05, 3.63) is 88.4 Å². The molecular weight excluding hydrogens is 398 g/mol. The molecule has 3 rings (SSSR count). The second-order valence-corrected chi connectivity index (χ2v) is 5.72. The molecule has 0 radical (unpaired) electrons. The highest BCUT2D eigenvalue weighted by Crippen LogP contribution is 2.16. The van der Waals surface area contributed by atoms with E-state index in [2.05, 4.69) is 4.98 Å². The third-order valence-corrected chi connectivity index (χ3v) is 3.79. The van der Waals surface area contributed by atoms with E-state index in [0.29, 0.717) is 5.56 Å². The Morgan fingerprint density at radius 1 is 1.15 bits per heavy atom. The molecule has 7 heteroatoms. The zero-order chi connectivity index (χ0) is 17.8. The largest absolute Gasteiger partial charge is 1.00 e. The SMILES string of the molecule is Cc1cccc(-c2cc[n+](CC(=O)c3cccc([N+](=O)[O-])c3)cn2)c1.[Br-]. The number of non-ortho nitro benzene ring substituents is 1. The van der Waals surface area contributed by atoms with Gasteiger partial charge in [-0.1, -0.05) is 35.9 Å². The van der Waals surface area contributed by atoms with Crippen LogP contribution in [0.4, 0.5) is 5.69 Å². The summed E-state index contributed by atoms with van der Waals surface area (Å²) in [6.45, 7) is 2.09. The molecule has 0 N–H and O–H groups in total. The smallest absolute Gasteiger partial charge is 0.287 e. The van der Waals surface area contributed by atoms with Gasteiger partial charge in [0.05, 0.1) is 11.1 Å². The fourth-order valence-corrected chi connectivity index (χ4v) is 2.50. The van der Waals surface area contributed by atoms with Crippen molar-refractivity contribution in [2.45, 2.75) is 13.5 Å². The van der Waals surface area contributed by atoms with Gasteiger partial charge in [-0.25, -0.2) is 4.57 Å². The predicted molar refractivity (Wildman–Crippen MR) is 92.0 cm³/mol. The minimum absolute atomic E-state index is 0. The van der Waals surface area contributed by atoms with Crippen molar-refractivity contribution >= 4 is 11.5 Å². The lowest BCUT2D eigenvalue weighted by Gasteiger charge is -2.01. The van der Waals surface area contributed by atoms with Crippen molar-refractivity contribution < 1.29 is 31.3 Å². The van der Waals surface area contributed by atoms with E-state index in [9.17, 15) is 14.9 Å². The van der Waals surface area contributed by atoms with Gasteiger partial charge < -0.3 is 17.0 Å². The molecule has 0 bridgehead atoms. The number of aromatic nitrogens is 2. The number of nitro benzene ring substituents is 1. The number of nitro groups is 1. The fraction of sp³-hybridized carbons (Fsp3) is 0.105. The molecular formula is C19H16BrN3O3. The Morgan fingerprint density at radius 3 is 2.58 bits per heavy atom. The zero-order valence-corrected chi connectivity index (χ0v) is 15.6. The average Bonchev–Trinajstić information content (AvgIpc) is 2.62. The van der Waals surface area contributed by atoms with Crippen molar-refractivity contribution in [3.8, 4) is 11.3 Å². The summed E-state index contributed by atoms with van der Waals surface area (Å²) < 4.78 is 1.65. The molecule has 3 aromatic rings. The highest BCUT2D eigenvalue weighted by atomic mass is 79.9. The molecule has 0 aliphatic rings. The number of Topliss-reactive ketones (excluding diaryl/α,β-unsaturated/α-hetero) is 1. The number of aryl methyl sites for hydroxylation is 1. The molecule has 2 aromatic carbocycles. The van der Waals surface area contributed by atoms with Crippen molar-refractivity contribution in [3.63, 3.8) is 0 Å². The minimum atomic E-state index is -0.512. The Hall–Kier alpha value is -2.93. The quantitative estimate of drug-likeness (QED) is 0.258. The van der Waals surface area contributed by atoms with E-state index in [4.69, 9.17) is 0 Å². The molecule has 0 atom stereocenters. The molecule has 0 unspecified atom stereocenters. The number of nitrogens with zero attached hydrogens (tertiary/aromatic N) is 3. The number of ketones is 1. The topological polar surface area (TPSA) is 77.0 Å². The minimum Gasteiger partial charge on any atom is -1.00 e. The molecule has 1 aromatic heterocycles. The van der Waals surface area contributed by atoms with Crippen LogP contribution in [0.5, 0.6) is 0 Å². The monoisotopic (exact) mass is 413 g/mol. The van der Waals surface area contributed by atoms with Crippen LogP contribution >= 0.6 is 0 Å². The Bertz CT molecular complexity index is 943. The first-order valence-electron chi connectivity index (χ1n) is 7.73. The highest BCUT2D eigenvalue weighted by molar-refractivity contribution is 5.95. The van der Waals surface area contributed by atoms with Crippen LogP contribution < -0.4 is 21.5 Å². The second kappa shape index (κ2) is 8.44. The highest BCUT2D eigenvalue weighted by Gasteiger charge is 2.15. The first kappa shape index (κ1) is 19.4. The maximum atomic E-state index is 12.3. The van der Waals surface area contributed by atoms with E-state index in [-0.39, 0.29) is 35.0 Å². The lowest BCUT2D eigenvalue weighted by Crippen LogP contribution is -3.00. The van der Waals surface area contributed by atoms with Crippen LogP contribution in [0.25, 0.3) is 11.3 Å². The number of carbonyl (C=O) groups excluding carboxylic acids is 1. The van der Waals surface area contributed by atoms with E-state index in [1.807, 2.05) is 37.3 Å². The van der Waals surface area contributed by atoms with Gasteiger partial charge in [0.25, 0.3) is 12.0 Å². The molecule has 0 saturated heterocycles. The van der Waals surface area contributed by atoms with Crippen molar-refractivity contribution in [1.29, 1.82) is 0 Å². The molecule has 1 heterocycles. The molecule has 0 spiro atoms. The van der Waals surface area contributed by atoms with Crippen LogP contribution in [0, 0.1) is 17.0 Å². The molecule has 6 nitrogen and oxygen atoms in total. The normalized spacial score (nSPS) is 10.0. The first-order chi connectivity index (χ1) is 12.0. The van der Waals surface area contributed by atoms with Gasteiger partial charge in [0.15, 0.2) is 12.2 Å². The summed E-state index contributed by atoms with van der Waals surface area (Å²) in [7, 11) is 0. The number of hydrogen-bond acceptors (Lipinski definition) is 4. The summed E-state index contributed by atoms with van der Waals surface area (Å²) in [5, 5.41) is 10.8. The van der Waals surface area contributed by atoms with Gasteiger partial charge in [-0.2, -0.15) is 0 Å². The maximum Gasteiger partial charge on any atom is 0.287 e. The van der Waals surface area contributed by atoms with Crippen molar-refractivity contribution in [2.75, 3.05) is 0 Å². The van der Waals surface area contributed by atoms with E-state index in [1.54, 1.807) is 23.2 Å². The van der Waals surface area contributed by atoms with E-state index in [1.165, 1.54) is 18.2 Å². The summed E-state index contributed by atoms with van der Waals surface area (Å²) in [6.07, 6.45) is 3.37. The number of benzene rings is 2. The first-order valence-corrected chi connectivity index (χ1v) is 7.73. The van der Waals surface area contributed by atoms with E-state index >= 15 is 0 Å². The Kier molecular flexibility index (Phi) is 6.30. The Balaban J connectivity index is 0.00000243. The second-order valence-electron chi connectivity index (χ2n) is 5.72. The standard InChI is InChI=1S/C19H16N3O3.BrH/c1-14-4-2-5-15(10-14)18-8-9-21(13-20-18)12-19(23)16-6-3-7-17(11-16)22(24)25;/h2-11,13H,12H2,1H3;1H/q+1;/p-1. The van der Waals surface area contributed by atoms with Crippen LogP contribution in [0.2, 0.25) is 0 Å². The zero-order valence-electron chi connectivity index (χ0n) is 14.0. The van der Waals surface area contributed by atoms with Crippen molar-refractivity contribution in [1.82, 2.24) is 4.98 Å². The average molecular weight is 414 g/mol. The van der Waals surface area contributed by atoms with Crippen LogP contribution in [0.15, 0.2) is 67.1 Å².